The van der Waals surface area contributed by atoms with Crippen LogP contribution in [0.5, 0.6) is 5.75 Å². The smallest absolute Gasteiger partial charge is 0.138 e. The van der Waals surface area contributed by atoms with E-state index in [1.54, 1.807) is 0 Å². The van der Waals surface area contributed by atoms with Gasteiger partial charge in [0.2, 0.25) is 0 Å². The summed E-state index contributed by atoms with van der Waals surface area (Å²) >= 11 is 6.29. The molecule has 1 aromatic carbocycles. The fraction of sp³-hybridized carbons (Fsp3) is 0.647. The summed E-state index contributed by atoms with van der Waals surface area (Å²) in [6.07, 6.45) is 3.43. The first-order valence-corrected chi connectivity index (χ1v) is 8.18. The maximum absolute atomic E-state index is 6.29. The van der Waals surface area contributed by atoms with E-state index in [1.807, 2.05) is 12.1 Å². The molecule has 4 heteroatoms. The fourth-order valence-corrected chi connectivity index (χ4v) is 2.82. The van der Waals surface area contributed by atoms with Gasteiger partial charge in [0.25, 0.3) is 0 Å². The van der Waals surface area contributed by atoms with Crippen molar-refractivity contribution in [3.8, 4) is 5.75 Å². The highest BCUT2D eigenvalue weighted by molar-refractivity contribution is 6.32. The Morgan fingerprint density at radius 1 is 1.43 bits per heavy atom. The van der Waals surface area contributed by atoms with E-state index < -0.39 is 0 Å². The average molecular weight is 312 g/mol. The summed E-state index contributed by atoms with van der Waals surface area (Å²) < 4.78 is 11.7. The molecule has 0 aromatic heterocycles. The van der Waals surface area contributed by atoms with Gasteiger partial charge < -0.3 is 14.8 Å². The van der Waals surface area contributed by atoms with Crippen LogP contribution in [-0.4, -0.2) is 24.9 Å². The van der Waals surface area contributed by atoms with Crippen LogP contribution < -0.4 is 10.1 Å². The van der Waals surface area contributed by atoms with Crippen LogP contribution in [-0.2, 0) is 11.3 Å². The lowest BCUT2D eigenvalue weighted by molar-refractivity contribution is -0.0326. The zero-order chi connectivity index (χ0) is 15.3. The van der Waals surface area contributed by atoms with Crippen LogP contribution in [0, 0.1) is 0 Å². The minimum Gasteiger partial charge on any atom is -0.489 e. The summed E-state index contributed by atoms with van der Waals surface area (Å²) in [6.45, 7) is 8.83. The summed E-state index contributed by atoms with van der Waals surface area (Å²) in [4.78, 5) is 0. The lowest BCUT2D eigenvalue weighted by Gasteiger charge is -2.19. The Morgan fingerprint density at radius 2 is 2.24 bits per heavy atom. The zero-order valence-corrected chi connectivity index (χ0v) is 14.0. The Morgan fingerprint density at radius 3 is 2.86 bits per heavy atom. The predicted octanol–water partition coefficient (Wildman–Crippen LogP) is 4.18. The van der Waals surface area contributed by atoms with Crippen molar-refractivity contribution in [1.29, 1.82) is 0 Å². The van der Waals surface area contributed by atoms with Crippen molar-refractivity contribution in [3.05, 3.63) is 28.8 Å². The van der Waals surface area contributed by atoms with Gasteiger partial charge >= 0.3 is 0 Å². The first-order chi connectivity index (χ1) is 10.00. The van der Waals surface area contributed by atoms with E-state index in [0.29, 0.717) is 11.6 Å². The van der Waals surface area contributed by atoms with Crippen molar-refractivity contribution >= 4 is 11.6 Å². The van der Waals surface area contributed by atoms with Crippen molar-refractivity contribution < 1.29 is 9.47 Å². The van der Waals surface area contributed by atoms with Crippen LogP contribution in [0.4, 0.5) is 0 Å². The highest BCUT2D eigenvalue weighted by atomic mass is 35.5. The molecule has 0 bridgehead atoms. The van der Waals surface area contributed by atoms with Gasteiger partial charge in [0.05, 0.1) is 16.7 Å². The van der Waals surface area contributed by atoms with Gasteiger partial charge in [-0.15, -0.1) is 0 Å². The molecule has 2 rings (SSSR count). The molecule has 1 saturated heterocycles. The van der Waals surface area contributed by atoms with E-state index in [4.69, 9.17) is 21.1 Å². The van der Waals surface area contributed by atoms with Gasteiger partial charge in [-0.3, -0.25) is 0 Å². The Bertz CT molecular complexity index is 462. The van der Waals surface area contributed by atoms with Crippen molar-refractivity contribution in [2.75, 3.05) is 13.2 Å². The second kappa shape index (κ2) is 7.48. The molecular weight excluding hydrogens is 286 g/mol. The zero-order valence-electron chi connectivity index (χ0n) is 13.2. The molecule has 0 amide bonds. The third kappa shape index (κ3) is 5.17. The molecule has 0 aliphatic carbocycles. The molecular formula is C17H26ClNO2. The summed E-state index contributed by atoms with van der Waals surface area (Å²) in [5.41, 5.74) is 1.16. The standard InChI is InChI=1S/C17H26ClNO2/c1-4-9-19-11-13-5-6-16(15(18)10-13)20-12-14-7-8-17(2,3)21-14/h5-6,10,14,19H,4,7-9,11-12H2,1-3H3. The Kier molecular flexibility index (Phi) is 5.91. The number of nitrogens with one attached hydrogen (secondary N) is 1. The minimum atomic E-state index is -0.0212. The van der Waals surface area contributed by atoms with Gasteiger partial charge in [0, 0.05) is 6.54 Å². The molecule has 1 unspecified atom stereocenters. The maximum atomic E-state index is 6.29. The largest absolute Gasteiger partial charge is 0.489 e. The van der Waals surface area contributed by atoms with Gasteiger partial charge in [0.15, 0.2) is 0 Å². The van der Waals surface area contributed by atoms with E-state index in [0.717, 1.165) is 38.1 Å². The molecule has 21 heavy (non-hydrogen) atoms. The van der Waals surface area contributed by atoms with Gasteiger partial charge in [0.1, 0.15) is 12.4 Å². The second-order valence-corrected chi connectivity index (χ2v) is 6.70. The number of benzene rings is 1. The molecule has 118 valence electrons. The molecule has 3 nitrogen and oxygen atoms in total. The molecule has 1 atom stereocenters. The lowest BCUT2D eigenvalue weighted by Crippen LogP contribution is -2.24. The van der Waals surface area contributed by atoms with E-state index in [-0.39, 0.29) is 11.7 Å². The second-order valence-electron chi connectivity index (χ2n) is 6.29. The lowest BCUT2D eigenvalue weighted by atomic mass is 10.1. The molecule has 0 saturated carbocycles. The first-order valence-electron chi connectivity index (χ1n) is 7.80. The fourth-order valence-electron chi connectivity index (χ4n) is 2.56. The van der Waals surface area contributed by atoms with Crippen LogP contribution in [0.15, 0.2) is 18.2 Å². The van der Waals surface area contributed by atoms with Gasteiger partial charge in [-0.2, -0.15) is 0 Å². The van der Waals surface area contributed by atoms with Gasteiger partial charge in [-0.25, -0.2) is 0 Å². The van der Waals surface area contributed by atoms with Gasteiger partial charge in [-0.1, -0.05) is 24.6 Å². The highest BCUT2D eigenvalue weighted by Gasteiger charge is 2.31. The third-order valence-corrected chi connectivity index (χ3v) is 4.03. The SMILES string of the molecule is CCCNCc1ccc(OCC2CCC(C)(C)O2)c(Cl)c1. The third-order valence-electron chi connectivity index (χ3n) is 3.73. The van der Waals surface area contributed by atoms with Crippen LogP contribution in [0.3, 0.4) is 0 Å². The minimum absolute atomic E-state index is 0.0212. The van der Waals surface area contributed by atoms with Crippen LogP contribution in [0.2, 0.25) is 5.02 Å². The number of hydrogen-bond donors (Lipinski definition) is 1. The van der Waals surface area contributed by atoms with Crippen molar-refractivity contribution in [3.63, 3.8) is 0 Å². The maximum Gasteiger partial charge on any atom is 0.138 e. The average Bonchev–Trinajstić information content (AvgIpc) is 2.78. The number of hydrogen-bond acceptors (Lipinski definition) is 3. The molecule has 1 aromatic rings. The number of halogens is 1. The Balaban J connectivity index is 1.83. The van der Waals surface area contributed by atoms with Crippen LogP contribution in [0.25, 0.3) is 0 Å². The predicted molar refractivity (Wildman–Crippen MR) is 87.1 cm³/mol. The first kappa shape index (κ1) is 16.6. The van der Waals surface area contributed by atoms with Crippen LogP contribution in [0.1, 0.15) is 45.6 Å². The van der Waals surface area contributed by atoms with Gasteiger partial charge in [-0.05, 0) is 57.4 Å². The Labute approximate surface area is 133 Å². The molecule has 0 radical (unpaired) electrons. The summed E-state index contributed by atoms with van der Waals surface area (Å²) in [7, 11) is 0. The number of rotatable bonds is 7. The van der Waals surface area contributed by atoms with Crippen molar-refractivity contribution in [2.24, 2.45) is 0 Å². The Hall–Kier alpha value is -0.770. The molecule has 1 aliphatic heterocycles. The monoisotopic (exact) mass is 311 g/mol. The quantitative estimate of drug-likeness (QED) is 0.766. The van der Waals surface area contributed by atoms with E-state index in [2.05, 4.69) is 32.2 Å². The van der Waals surface area contributed by atoms with Crippen LogP contribution >= 0.6 is 11.6 Å². The topological polar surface area (TPSA) is 30.5 Å². The van der Waals surface area contributed by atoms with E-state index in [1.165, 1.54) is 5.56 Å². The summed E-state index contributed by atoms with van der Waals surface area (Å²) in [5, 5.41) is 4.03. The van der Waals surface area contributed by atoms with E-state index in [9.17, 15) is 0 Å². The molecule has 0 spiro atoms. The molecule has 1 N–H and O–H groups in total. The summed E-state index contributed by atoms with van der Waals surface area (Å²) in [5.74, 6) is 0.740. The normalized spacial score (nSPS) is 20.7. The van der Waals surface area contributed by atoms with Crippen molar-refractivity contribution in [2.45, 2.75) is 58.3 Å². The molecule has 1 fully saturated rings. The number of ether oxygens (including phenoxy) is 2. The highest BCUT2D eigenvalue weighted by Crippen LogP contribution is 2.31. The molecule has 1 aliphatic rings. The van der Waals surface area contributed by atoms with E-state index >= 15 is 0 Å². The van der Waals surface area contributed by atoms with Crippen molar-refractivity contribution in [1.82, 2.24) is 5.32 Å². The molecule has 1 heterocycles. The summed E-state index contributed by atoms with van der Waals surface area (Å²) in [6, 6.07) is 5.98.